The standard InChI is InChI=1S/C34H43FN6O2/c1-4-40(5-2)21-20-39(3)25-27-10-9-11-28(22-27)33(42)37-32-17-16-30(41-18-7-6-8-19-41)23-31(32)34(43)38-36-24-26-12-14-29(35)15-13-26/h9-17,22-24H,4-8,18-21,25H2,1-3H3,(H,37,42)(H,38,43)/b36-24+. The quantitative estimate of drug-likeness (QED) is 0.201. The van der Waals surface area contributed by atoms with E-state index in [1.807, 2.05) is 30.3 Å². The van der Waals surface area contributed by atoms with Crippen molar-refractivity contribution >= 4 is 29.4 Å². The van der Waals surface area contributed by atoms with Crippen LogP contribution >= 0.6 is 0 Å². The van der Waals surface area contributed by atoms with Gasteiger partial charge in [-0.15, -0.1) is 0 Å². The first-order valence-electron chi connectivity index (χ1n) is 15.2. The Balaban J connectivity index is 1.49. The van der Waals surface area contributed by atoms with E-state index in [4.69, 9.17) is 0 Å². The van der Waals surface area contributed by atoms with E-state index in [1.54, 1.807) is 24.3 Å². The van der Waals surface area contributed by atoms with Gasteiger partial charge in [0.05, 0.1) is 17.5 Å². The van der Waals surface area contributed by atoms with Gasteiger partial charge in [0.1, 0.15) is 5.82 Å². The predicted octanol–water partition coefficient (Wildman–Crippen LogP) is 5.61. The van der Waals surface area contributed by atoms with E-state index < -0.39 is 5.91 Å². The van der Waals surface area contributed by atoms with E-state index in [-0.39, 0.29) is 11.7 Å². The molecule has 8 nitrogen and oxygen atoms in total. The Kier molecular flexibility index (Phi) is 11.8. The smallest absolute Gasteiger partial charge is 0.273 e. The van der Waals surface area contributed by atoms with Crippen molar-refractivity contribution in [3.8, 4) is 0 Å². The molecule has 228 valence electrons. The fourth-order valence-corrected chi connectivity index (χ4v) is 5.20. The molecule has 2 amide bonds. The van der Waals surface area contributed by atoms with Crippen LogP contribution < -0.4 is 15.6 Å². The summed E-state index contributed by atoms with van der Waals surface area (Å²) in [7, 11) is 2.09. The highest BCUT2D eigenvalue weighted by molar-refractivity contribution is 6.09. The summed E-state index contributed by atoms with van der Waals surface area (Å²) in [6, 6.07) is 18.9. The van der Waals surface area contributed by atoms with Gasteiger partial charge in [-0.25, -0.2) is 9.82 Å². The highest BCUT2D eigenvalue weighted by Gasteiger charge is 2.19. The van der Waals surface area contributed by atoms with Crippen LogP contribution in [0.15, 0.2) is 71.8 Å². The molecule has 1 saturated heterocycles. The number of carbonyl (C=O) groups excluding carboxylic acids is 2. The Labute approximate surface area is 254 Å². The zero-order chi connectivity index (χ0) is 30.6. The topological polar surface area (TPSA) is 80.3 Å². The molecule has 1 heterocycles. The average Bonchev–Trinajstić information content (AvgIpc) is 3.03. The molecular weight excluding hydrogens is 543 g/mol. The molecule has 0 spiro atoms. The van der Waals surface area contributed by atoms with Gasteiger partial charge >= 0.3 is 0 Å². The van der Waals surface area contributed by atoms with Crippen molar-refractivity contribution < 1.29 is 14.0 Å². The molecule has 0 radical (unpaired) electrons. The number of piperidine rings is 1. The molecule has 4 rings (SSSR count). The molecule has 2 N–H and O–H groups in total. The third-order valence-electron chi connectivity index (χ3n) is 7.80. The number of benzene rings is 3. The van der Waals surface area contributed by atoms with Crippen molar-refractivity contribution in [2.75, 3.05) is 56.5 Å². The van der Waals surface area contributed by atoms with Crippen molar-refractivity contribution in [3.63, 3.8) is 0 Å². The van der Waals surface area contributed by atoms with Gasteiger partial charge in [-0.3, -0.25) is 9.59 Å². The van der Waals surface area contributed by atoms with Crippen molar-refractivity contribution in [1.82, 2.24) is 15.2 Å². The van der Waals surface area contributed by atoms with Gasteiger partial charge in [-0.1, -0.05) is 38.1 Å². The van der Waals surface area contributed by atoms with Crippen LogP contribution in [0.5, 0.6) is 0 Å². The first-order chi connectivity index (χ1) is 20.9. The lowest BCUT2D eigenvalue weighted by atomic mass is 10.1. The van der Waals surface area contributed by atoms with Gasteiger partial charge in [0.25, 0.3) is 11.8 Å². The summed E-state index contributed by atoms with van der Waals surface area (Å²) < 4.78 is 13.2. The van der Waals surface area contributed by atoms with Crippen LogP contribution in [0.25, 0.3) is 0 Å². The number of nitrogens with one attached hydrogen (secondary N) is 2. The van der Waals surface area contributed by atoms with Gasteiger partial charge < -0.3 is 20.0 Å². The van der Waals surface area contributed by atoms with Gasteiger partial charge in [-0.05, 0) is 93.0 Å². The first kappa shape index (κ1) is 31.8. The van der Waals surface area contributed by atoms with Gasteiger partial charge in [0, 0.05) is 44.0 Å². The summed E-state index contributed by atoms with van der Waals surface area (Å²) in [5.74, 6) is -1.08. The van der Waals surface area contributed by atoms with Crippen LogP contribution in [-0.2, 0) is 6.54 Å². The molecule has 0 unspecified atom stereocenters. The number of nitrogens with zero attached hydrogens (tertiary/aromatic N) is 4. The molecule has 9 heteroatoms. The molecule has 3 aromatic rings. The number of anilines is 2. The fraction of sp³-hybridized carbons (Fsp3) is 0.382. The van der Waals surface area contributed by atoms with Crippen LogP contribution in [-0.4, -0.2) is 74.1 Å². The average molecular weight is 587 g/mol. The minimum atomic E-state index is -0.448. The van der Waals surface area contributed by atoms with Crippen LogP contribution in [0, 0.1) is 5.82 Å². The van der Waals surface area contributed by atoms with Crippen molar-refractivity contribution in [1.29, 1.82) is 0 Å². The molecule has 1 aliphatic heterocycles. The van der Waals surface area contributed by atoms with E-state index in [9.17, 15) is 14.0 Å². The zero-order valence-corrected chi connectivity index (χ0v) is 25.5. The van der Waals surface area contributed by atoms with E-state index in [0.29, 0.717) is 22.4 Å². The second-order valence-electron chi connectivity index (χ2n) is 10.9. The Morgan fingerprint density at radius 3 is 2.40 bits per heavy atom. The summed E-state index contributed by atoms with van der Waals surface area (Å²) in [6.45, 7) is 10.9. The van der Waals surface area contributed by atoms with E-state index >= 15 is 0 Å². The third-order valence-corrected chi connectivity index (χ3v) is 7.80. The van der Waals surface area contributed by atoms with E-state index in [2.05, 4.69) is 51.4 Å². The Morgan fingerprint density at radius 1 is 0.930 bits per heavy atom. The van der Waals surface area contributed by atoms with E-state index in [0.717, 1.165) is 69.9 Å². The molecule has 0 bridgehead atoms. The molecular formula is C34H43FN6O2. The first-order valence-corrected chi connectivity index (χ1v) is 15.2. The number of hydrogen-bond donors (Lipinski definition) is 2. The van der Waals surface area contributed by atoms with Gasteiger partial charge in [0.15, 0.2) is 0 Å². The summed E-state index contributed by atoms with van der Waals surface area (Å²) >= 11 is 0. The Hall–Kier alpha value is -4.08. The highest BCUT2D eigenvalue weighted by atomic mass is 19.1. The largest absolute Gasteiger partial charge is 0.372 e. The number of halogens is 1. The molecule has 0 saturated carbocycles. The lowest BCUT2D eigenvalue weighted by Crippen LogP contribution is -2.32. The SMILES string of the molecule is CCN(CC)CCN(C)Cc1cccc(C(=O)Nc2ccc(N3CCCCC3)cc2C(=O)N/N=C/c2ccc(F)cc2)c1. The second-order valence-corrected chi connectivity index (χ2v) is 10.9. The lowest BCUT2D eigenvalue weighted by molar-refractivity contribution is 0.0956. The van der Waals surface area contributed by atoms with Crippen molar-refractivity contribution in [2.24, 2.45) is 5.10 Å². The fourth-order valence-electron chi connectivity index (χ4n) is 5.20. The molecule has 1 aliphatic rings. The minimum absolute atomic E-state index is 0.290. The minimum Gasteiger partial charge on any atom is -0.372 e. The van der Waals surface area contributed by atoms with Gasteiger partial charge in [-0.2, -0.15) is 5.10 Å². The second kappa shape index (κ2) is 16.0. The van der Waals surface area contributed by atoms with Crippen LogP contribution in [0.1, 0.15) is 65.0 Å². The zero-order valence-electron chi connectivity index (χ0n) is 25.5. The number of hydrogen-bond acceptors (Lipinski definition) is 6. The normalized spacial score (nSPS) is 13.6. The Bertz CT molecular complexity index is 1380. The highest BCUT2D eigenvalue weighted by Crippen LogP contribution is 2.26. The third kappa shape index (κ3) is 9.46. The molecule has 3 aromatic carbocycles. The number of amides is 2. The number of hydrazone groups is 1. The van der Waals surface area contributed by atoms with Crippen LogP contribution in [0.4, 0.5) is 15.8 Å². The van der Waals surface area contributed by atoms with Crippen LogP contribution in [0.3, 0.4) is 0 Å². The summed E-state index contributed by atoms with van der Waals surface area (Å²) in [5, 5.41) is 7.02. The lowest BCUT2D eigenvalue weighted by Gasteiger charge is -2.29. The maximum atomic E-state index is 13.4. The molecule has 0 atom stereocenters. The molecule has 1 fully saturated rings. The number of likely N-dealkylation sites (N-methyl/N-ethyl adjacent to an activating group) is 2. The number of rotatable bonds is 13. The summed E-state index contributed by atoms with van der Waals surface area (Å²) in [4.78, 5) is 33.6. The van der Waals surface area contributed by atoms with Gasteiger partial charge in [0.2, 0.25) is 0 Å². The monoisotopic (exact) mass is 586 g/mol. The summed E-state index contributed by atoms with van der Waals surface area (Å²) in [6.07, 6.45) is 4.85. The molecule has 0 aromatic heterocycles. The van der Waals surface area contributed by atoms with Crippen molar-refractivity contribution in [2.45, 2.75) is 39.7 Å². The number of carbonyl (C=O) groups is 2. The van der Waals surface area contributed by atoms with Crippen LogP contribution in [0.2, 0.25) is 0 Å². The summed E-state index contributed by atoms with van der Waals surface area (Å²) in [5.41, 5.74) is 6.43. The van der Waals surface area contributed by atoms with E-state index in [1.165, 1.54) is 24.8 Å². The Morgan fingerprint density at radius 2 is 1.67 bits per heavy atom. The maximum absolute atomic E-state index is 13.4. The predicted molar refractivity (Wildman–Crippen MR) is 172 cm³/mol. The molecule has 0 aliphatic carbocycles. The maximum Gasteiger partial charge on any atom is 0.273 e. The van der Waals surface area contributed by atoms with Crippen molar-refractivity contribution in [3.05, 3.63) is 94.8 Å². The molecule has 43 heavy (non-hydrogen) atoms.